The second-order valence-electron chi connectivity index (χ2n) is 8.06. The van der Waals surface area contributed by atoms with E-state index in [2.05, 4.69) is 32.9 Å². The highest BCUT2D eigenvalue weighted by molar-refractivity contribution is 6.14. The second kappa shape index (κ2) is 7.43. The molecular formula is C24H26O3. The Morgan fingerprint density at radius 1 is 1.07 bits per heavy atom. The predicted molar refractivity (Wildman–Crippen MR) is 109 cm³/mol. The van der Waals surface area contributed by atoms with Crippen molar-refractivity contribution in [2.24, 2.45) is 0 Å². The number of ketones is 1. The summed E-state index contributed by atoms with van der Waals surface area (Å²) in [6.45, 7) is 11.1. The molecule has 0 fully saturated rings. The summed E-state index contributed by atoms with van der Waals surface area (Å²) in [5, 5.41) is 0. The third kappa shape index (κ3) is 4.48. The lowest BCUT2D eigenvalue weighted by molar-refractivity contribution is 0.101. The fourth-order valence-corrected chi connectivity index (χ4v) is 2.79. The minimum Gasteiger partial charge on any atom is -0.489 e. The number of allylic oxidation sites excluding steroid dienone is 2. The Kier molecular flexibility index (Phi) is 5.22. The van der Waals surface area contributed by atoms with Crippen molar-refractivity contribution in [3.63, 3.8) is 0 Å². The average Bonchev–Trinajstić information content (AvgIpc) is 2.90. The summed E-state index contributed by atoms with van der Waals surface area (Å²) in [5.74, 6) is 1.48. The standard InChI is InChI=1S/C24H26O3/c1-16(2)12-13-26-19-10-11-20-21(15-19)27-22(23(20)25)14-17-6-8-18(9-7-17)24(3,4)5/h6-12,14-15H,13H2,1-5H3. The van der Waals surface area contributed by atoms with Gasteiger partial charge in [0.15, 0.2) is 5.76 Å². The van der Waals surface area contributed by atoms with Crippen LogP contribution in [-0.4, -0.2) is 12.4 Å². The molecule has 1 aliphatic rings. The number of ether oxygens (including phenoxy) is 2. The van der Waals surface area contributed by atoms with E-state index in [4.69, 9.17) is 9.47 Å². The Labute approximate surface area is 161 Å². The maximum Gasteiger partial charge on any atom is 0.231 e. The van der Waals surface area contributed by atoms with Gasteiger partial charge in [-0.15, -0.1) is 0 Å². The van der Waals surface area contributed by atoms with E-state index >= 15 is 0 Å². The topological polar surface area (TPSA) is 35.5 Å². The van der Waals surface area contributed by atoms with Gasteiger partial charge in [-0.3, -0.25) is 4.79 Å². The van der Waals surface area contributed by atoms with E-state index < -0.39 is 0 Å². The second-order valence-corrected chi connectivity index (χ2v) is 8.06. The number of carbonyl (C=O) groups excluding carboxylic acids is 1. The Balaban J connectivity index is 1.77. The molecule has 1 heterocycles. The Hall–Kier alpha value is -2.81. The molecule has 1 aliphatic heterocycles. The maximum absolute atomic E-state index is 12.6. The lowest BCUT2D eigenvalue weighted by Crippen LogP contribution is -2.10. The van der Waals surface area contributed by atoms with Crippen LogP contribution in [0.25, 0.3) is 6.08 Å². The van der Waals surface area contributed by atoms with Crippen LogP contribution in [0.1, 0.15) is 56.1 Å². The molecule has 2 aromatic rings. The first-order valence-electron chi connectivity index (χ1n) is 9.19. The molecule has 0 saturated carbocycles. The number of carbonyl (C=O) groups is 1. The molecule has 2 aromatic carbocycles. The average molecular weight is 362 g/mol. The van der Waals surface area contributed by atoms with E-state index in [1.54, 1.807) is 24.3 Å². The van der Waals surface area contributed by atoms with Gasteiger partial charge in [0.2, 0.25) is 5.78 Å². The van der Waals surface area contributed by atoms with Gasteiger partial charge in [-0.25, -0.2) is 0 Å². The summed E-state index contributed by atoms with van der Waals surface area (Å²) in [6, 6.07) is 13.6. The van der Waals surface area contributed by atoms with E-state index in [9.17, 15) is 4.79 Å². The van der Waals surface area contributed by atoms with Gasteiger partial charge in [0.05, 0.1) is 5.56 Å². The summed E-state index contributed by atoms with van der Waals surface area (Å²) in [7, 11) is 0. The summed E-state index contributed by atoms with van der Waals surface area (Å²) < 4.78 is 11.5. The maximum atomic E-state index is 12.6. The molecule has 3 nitrogen and oxygen atoms in total. The van der Waals surface area contributed by atoms with Crippen LogP contribution in [0.15, 0.2) is 59.9 Å². The summed E-state index contributed by atoms with van der Waals surface area (Å²) >= 11 is 0. The number of Topliss-reactive ketones (excluding diaryl/α,β-unsaturated/α-hetero) is 1. The number of fused-ring (bicyclic) bond motifs is 1. The SMILES string of the molecule is CC(C)=CCOc1ccc2c(c1)OC(=Cc1ccc(C(C)(C)C)cc1)C2=O. The fourth-order valence-electron chi connectivity index (χ4n) is 2.79. The first-order chi connectivity index (χ1) is 12.7. The van der Waals surface area contributed by atoms with Gasteiger partial charge in [-0.05, 0) is 54.7 Å². The molecule has 0 aromatic heterocycles. The molecule has 0 N–H and O–H groups in total. The van der Waals surface area contributed by atoms with Crippen molar-refractivity contribution in [1.82, 2.24) is 0 Å². The first kappa shape index (κ1) is 19.0. The lowest BCUT2D eigenvalue weighted by Gasteiger charge is -2.18. The lowest BCUT2D eigenvalue weighted by atomic mass is 9.86. The van der Waals surface area contributed by atoms with Gasteiger partial charge in [-0.1, -0.05) is 50.6 Å². The molecular weight excluding hydrogens is 336 g/mol. The van der Waals surface area contributed by atoms with Crippen molar-refractivity contribution in [2.75, 3.05) is 6.61 Å². The van der Waals surface area contributed by atoms with Crippen LogP contribution >= 0.6 is 0 Å². The zero-order chi connectivity index (χ0) is 19.6. The number of hydrogen-bond donors (Lipinski definition) is 0. The van der Waals surface area contributed by atoms with Crippen molar-refractivity contribution in [3.8, 4) is 11.5 Å². The molecule has 27 heavy (non-hydrogen) atoms. The monoisotopic (exact) mass is 362 g/mol. The van der Waals surface area contributed by atoms with Crippen LogP contribution in [0.4, 0.5) is 0 Å². The molecule has 140 valence electrons. The molecule has 0 unspecified atom stereocenters. The summed E-state index contributed by atoms with van der Waals surface area (Å²) in [4.78, 5) is 12.6. The van der Waals surface area contributed by atoms with Gasteiger partial charge in [-0.2, -0.15) is 0 Å². The van der Waals surface area contributed by atoms with Crippen LogP contribution in [0, 0.1) is 0 Å². The third-order valence-corrected chi connectivity index (χ3v) is 4.46. The van der Waals surface area contributed by atoms with Crippen molar-refractivity contribution < 1.29 is 14.3 Å². The first-order valence-corrected chi connectivity index (χ1v) is 9.19. The minimum atomic E-state index is -0.0965. The van der Waals surface area contributed by atoms with Crippen LogP contribution < -0.4 is 9.47 Å². The number of hydrogen-bond acceptors (Lipinski definition) is 3. The molecule has 0 aliphatic carbocycles. The Morgan fingerprint density at radius 2 is 1.78 bits per heavy atom. The van der Waals surface area contributed by atoms with E-state index in [-0.39, 0.29) is 11.2 Å². The third-order valence-electron chi connectivity index (χ3n) is 4.46. The van der Waals surface area contributed by atoms with Gasteiger partial charge < -0.3 is 9.47 Å². The smallest absolute Gasteiger partial charge is 0.231 e. The largest absolute Gasteiger partial charge is 0.489 e. The van der Waals surface area contributed by atoms with Crippen LogP contribution in [0.2, 0.25) is 0 Å². The normalized spacial score (nSPS) is 14.7. The molecule has 0 amide bonds. The van der Waals surface area contributed by atoms with E-state index in [1.165, 1.54) is 11.1 Å². The van der Waals surface area contributed by atoms with Gasteiger partial charge in [0.25, 0.3) is 0 Å². The van der Waals surface area contributed by atoms with E-state index in [0.717, 1.165) is 5.56 Å². The van der Waals surface area contributed by atoms with Gasteiger partial charge in [0, 0.05) is 6.07 Å². The van der Waals surface area contributed by atoms with E-state index in [1.807, 2.05) is 32.1 Å². The molecule has 3 rings (SSSR count). The van der Waals surface area contributed by atoms with Gasteiger partial charge >= 0.3 is 0 Å². The van der Waals surface area contributed by atoms with Crippen LogP contribution in [-0.2, 0) is 5.41 Å². The minimum absolute atomic E-state index is 0.0965. The molecule has 0 atom stereocenters. The number of benzene rings is 2. The Bertz CT molecular complexity index is 906. The van der Waals surface area contributed by atoms with Crippen LogP contribution in [0.5, 0.6) is 11.5 Å². The van der Waals surface area contributed by atoms with Crippen molar-refractivity contribution >= 4 is 11.9 Å². The Morgan fingerprint density at radius 3 is 2.41 bits per heavy atom. The van der Waals surface area contributed by atoms with Crippen molar-refractivity contribution in [3.05, 3.63) is 76.6 Å². The molecule has 0 spiro atoms. The zero-order valence-electron chi connectivity index (χ0n) is 16.6. The van der Waals surface area contributed by atoms with Crippen LogP contribution in [0.3, 0.4) is 0 Å². The van der Waals surface area contributed by atoms with E-state index in [0.29, 0.717) is 29.4 Å². The molecule has 0 bridgehead atoms. The quantitative estimate of drug-likeness (QED) is 0.498. The summed E-state index contributed by atoms with van der Waals surface area (Å²) in [5.41, 5.74) is 4.07. The number of rotatable bonds is 4. The molecule has 3 heteroatoms. The fraction of sp³-hybridized carbons (Fsp3) is 0.292. The predicted octanol–water partition coefficient (Wildman–Crippen LogP) is 5.95. The highest BCUT2D eigenvalue weighted by atomic mass is 16.5. The highest BCUT2D eigenvalue weighted by Gasteiger charge is 2.27. The van der Waals surface area contributed by atoms with Gasteiger partial charge in [0.1, 0.15) is 18.1 Å². The van der Waals surface area contributed by atoms with Crippen molar-refractivity contribution in [2.45, 2.75) is 40.0 Å². The molecule has 0 radical (unpaired) electrons. The molecule has 0 saturated heterocycles. The zero-order valence-corrected chi connectivity index (χ0v) is 16.6. The van der Waals surface area contributed by atoms with Crippen molar-refractivity contribution in [1.29, 1.82) is 0 Å². The summed E-state index contributed by atoms with van der Waals surface area (Å²) in [6.07, 6.45) is 3.80. The highest BCUT2D eigenvalue weighted by Crippen LogP contribution is 2.35.